The first-order valence-electron chi connectivity index (χ1n) is 10.7. The van der Waals surface area contributed by atoms with Crippen molar-refractivity contribution in [3.63, 3.8) is 0 Å². The molecule has 0 fully saturated rings. The smallest absolute Gasteiger partial charge is 0.0620 e. The summed E-state index contributed by atoms with van der Waals surface area (Å²) in [6.45, 7) is 0. The Bertz CT molecular complexity index is 1580. The molecule has 0 aliphatic heterocycles. The Hall–Kier alpha value is -4.10. The molecule has 2 heterocycles. The first-order valence-corrected chi connectivity index (χ1v) is 10.7. The number of aromatic nitrogens is 1. The summed E-state index contributed by atoms with van der Waals surface area (Å²) in [5.74, 6) is 0. The number of nitrogens with zero attached hydrogens (tertiary/aromatic N) is 1. The molecule has 0 saturated carbocycles. The van der Waals surface area contributed by atoms with Crippen molar-refractivity contribution in [1.29, 1.82) is 0 Å². The molecule has 2 aromatic heterocycles. The highest BCUT2D eigenvalue weighted by molar-refractivity contribution is 6.27. The second-order valence-electron chi connectivity index (χ2n) is 8.17. The van der Waals surface area contributed by atoms with Crippen LogP contribution in [-0.4, -0.2) is 4.40 Å². The van der Waals surface area contributed by atoms with Gasteiger partial charge in [-0.25, -0.2) is 0 Å². The minimum Gasteiger partial charge on any atom is -0.308 e. The molecule has 0 spiro atoms. The van der Waals surface area contributed by atoms with Gasteiger partial charge >= 0.3 is 0 Å². The molecule has 7 aromatic rings. The Kier molecular flexibility index (Phi) is 3.33. The molecular formula is C30H19N. The van der Waals surface area contributed by atoms with Crippen LogP contribution >= 0.6 is 0 Å². The van der Waals surface area contributed by atoms with E-state index >= 15 is 0 Å². The van der Waals surface area contributed by atoms with Crippen LogP contribution in [0.25, 0.3) is 60.3 Å². The van der Waals surface area contributed by atoms with Crippen molar-refractivity contribution in [3.05, 3.63) is 115 Å². The van der Waals surface area contributed by atoms with Crippen molar-refractivity contribution in [1.82, 2.24) is 4.40 Å². The summed E-state index contributed by atoms with van der Waals surface area (Å²) in [5.41, 5.74) is 8.97. The maximum absolute atomic E-state index is 2.47. The van der Waals surface area contributed by atoms with E-state index in [4.69, 9.17) is 0 Å². The lowest BCUT2D eigenvalue weighted by Crippen LogP contribution is -1.84. The highest BCUT2D eigenvalue weighted by Gasteiger charge is 2.20. The number of hydrogen-bond acceptors (Lipinski definition) is 0. The quantitative estimate of drug-likeness (QED) is 0.279. The van der Waals surface area contributed by atoms with Gasteiger partial charge in [0.05, 0.1) is 16.6 Å². The van der Waals surface area contributed by atoms with Crippen LogP contribution in [0.15, 0.2) is 115 Å². The SMILES string of the molecule is c1ccc(-c2cccc3c2c2cccc4c5c(-c6ccccc6)cccc5n3c24)cc1. The van der Waals surface area contributed by atoms with Gasteiger partial charge in [-0.05, 0) is 34.4 Å². The first kappa shape index (κ1) is 16.7. The van der Waals surface area contributed by atoms with Gasteiger partial charge in [-0.15, -0.1) is 0 Å². The van der Waals surface area contributed by atoms with Gasteiger partial charge in [0, 0.05) is 21.5 Å². The van der Waals surface area contributed by atoms with Gasteiger partial charge in [-0.1, -0.05) is 103 Å². The van der Waals surface area contributed by atoms with Crippen molar-refractivity contribution >= 4 is 38.1 Å². The van der Waals surface area contributed by atoms with Crippen LogP contribution in [0.5, 0.6) is 0 Å². The van der Waals surface area contributed by atoms with Crippen LogP contribution in [0.2, 0.25) is 0 Å². The zero-order chi connectivity index (χ0) is 20.4. The van der Waals surface area contributed by atoms with Crippen LogP contribution in [0, 0.1) is 0 Å². The molecule has 144 valence electrons. The molecule has 1 nitrogen and oxygen atoms in total. The number of hydrogen-bond donors (Lipinski definition) is 0. The van der Waals surface area contributed by atoms with Gasteiger partial charge in [0.2, 0.25) is 0 Å². The molecule has 5 aromatic carbocycles. The maximum Gasteiger partial charge on any atom is 0.0620 e. The third-order valence-electron chi connectivity index (χ3n) is 6.53. The molecule has 1 heteroatoms. The first-order chi connectivity index (χ1) is 15.4. The normalized spacial score (nSPS) is 11.9. The molecule has 0 aliphatic carbocycles. The number of rotatable bonds is 2. The minimum atomic E-state index is 1.26. The highest BCUT2D eigenvalue weighted by Crippen LogP contribution is 2.44. The molecule has 31 heavy (non-hydrogen) atoms. The molecule has 0 atom stereocenters. The molecule has 0 N–H and O–H groups in total. The summed E-state index contributed by atoms with van der Waals surface area (Å²) in [4.78, 5) is 0. The van der Waals surface area contributed by atoms with Crippen molar-refractivity contribution < 1.29 is 0 Å². The zero-order valence-corrected chi connectivity index (χ0v) is 16.9. The molecule has 0 aliphatic rings. The monoisotopic (exact) mass is 393 g/mol. The Balaban J connectivity index is 1.70. The van der Waals surface area contributed by atoms with Crippen LogP contribution < -0.4 is 0 Å². The second-order valence-corrected chi connectivity index (χ2v) is 8.17. The largest absolute Gasteiger partial charge is 0.308 e. The Labute approximate surface area is 180 Å². The molecular weight excluding hydrogens is 374 g/mol. The lowest BCUT2D eigenvalue weighted by Gasteiger charge is -2.07. The van der Waals surface area contributed by atoms with E-state index in [0.717, 1.165) is 0 Å². The van der Waals surface area contributed by atoms with E-state index in [9.17, 15) is 0 Å². The number of benzene rings is 5. The van der Waals surface area contributed by atoms with Crippen molar-refractivity contribution in [2.75, 3.05) is 0 Å². The molecule has 0 amide bonds. The highest BCUT2D eigenvalue weighted by atomic mass is 14.9. The fourth-order valence-corrected chi connectivity index (χ4v) is 5.29. The van der Waals surface area contributed by atoms with E-state index in [1.165, 1.54) is 60.3 Å². The summed E-state index contributed by atoms with van der Waals surface area (Å²) in [5, 5.41) is 5.31. The molecule has 0 unspecified atom stereocenters. The lowest BCUT2D eigenvalue weighted by molar-refractivity contribution is 1.37. The minimum absolute atomic E-state index is 1.26. The predicted molar refractivity (Wildman–Crippen MR) is 132 cm³/mol. The summed E-state index contributed by atoms with van der Waals surface area (Å²) in [6, 6.07) is 41.6. The zero-order valence-electron chi connectivity index (χ0n) is 16.9. The molecule has 0 radical (unpaired) electrons. The fourth-order valence-electron chi connectivity index (χ4n) is 5.29. The standard InChI is InChI=1S/C30H19N/c1-3-10-20(11-4-1)22-14-8-18-26-28(22)24-16-7-17-25-29-23(21-12-5-2-6-13-21)15-9-19-27(29)31(26)30(24)25/h1-19H. The van der Waals surface area contributed by atoms with Gasteiger partial charge in [-0.3, -0.25) is 0 Å². The number of para-hydroxylation sites is 1. The third kappa shape index (κ3) is 2.21. The summed E-state index contributed by atoms with van der Waals surface area (Å²) >= 11 is 0. The van der Waals surface area contributed by atoms with Gasteiger partial charge in [0.1, 0.15) is 0 Å². The summed E-state index contributed by atoms with van der Waals surface area (Å²) in [6.07, 6.45) is 0. The van der Waals surface area contributed by atoms with Crippen molar-refractivity contribution in [3.8, 4) is 22.3 Å². The molecule has 0 saturated heterocycles. The van der Waals surface area contributed by atoms with E-state index < -0.39 is 0 Å². The van der Waals surface area contributed by atoms with Gasteiger partial charge in [-0.2, -0.15) is 0 Å². The third-order valence-corrected chi connectivity index (χ3v) is 6.53. The molecule has 0 bridgehead atoms. The summed E-state index contributed by atoms with van der Waals surface area (Å²) in [7, 11) is 0. The van der Waals surface area contributed by atoms with Crippen molar-refractivity contribution in [2.24, 2.45) is 0 Å². The van der Waals surface area contributed by atoms with Gasteiger partial charge in [0.15, 0.2) is 0 Å². The lowest BCUT2D eigenvalue weighted by atomic mass is 9.96. The van der Waals surface area contributed by atoms with Gasteiger partial charge < -0.3 is 4.40 Å². The Morgan fingerprint density at radius 3 is 1.32 bits per heavy atom. The second kappa shape index (κ2) is 6.20. The number of fused-ring (bicyclic) bond motifs is 6. The average Bonchev–Trinajstić information content (AvgIpc) is 3.37. The van der Waals surface area contributed by atoms with E-state index in [0.29, 0.717) is 0 Å². The van der Waals surface area contributed by atoms with E-state index in [1.54, 1.807) is 0 Å². The topological polar surface area (TPSA) is 4.41 Å². The maximum atomic E-state index is 2.47. The predicted octanol–water partition coefficient (Wildman–Crippen LogP) is 8.17. The van der Waals surface area contributed by atoms with E-state index in [2.05, 4.69) is 120 Å². The van der Waals surface area contributed by atoms with Crippen LogP contribution in [0.1, 0.15) is 0 Å². The molecule has 7 rings (SSSR count). The Morgan fingerprint density at radius 2 is 0.839 bits per heavy atom. The average molecular weight is 393 g/mol. The summed E-state index contributed by atoms with van der Waals surface area (Å²) < 4.78 is 2.47. The van der Waals surface area contributed by atoms with Crippen LogP contribution in [0.3, 0.4) is 0 Å². The van der Waals surface area contributed by atoms with E-state index in [-0.39, 0.29) is 0 Å². The van der Waals surface area contributed by atoms with Crippen molar-refractivity contribution in [2.45, 2.75) is 0 Å². The van der Waals surface area contributed by atoms with E-state index in [1.807, 2.05) is 0 Å². The van der Waals surface area contributed by atoms with Gasteiger partial charge in [0.25, 0.3) is 0 Å². The van der Waals surface area contributed by atoms with Crippen LogP contribution in [0.4, 0.5) is 0 Å². The van der Waals surface area contributed by atoms with Crippen LogP contribution in [-0.2, 0) is 0 Å². The Morgan fingerprint density at radius 1 is 0.387 bits per heavy atom. The fraction of sp³-hybridized carbons (Fsp3) is 0.